The fourth-order valence-electron chi connectivity index (χ4n) is 2.83. The van der Waals surface area contributed by atoms with Gasteiger partial charge in [0, 0.05) is 16.8 Å². The third kappa shape index (κ3) is 3.19. The van der Waals surface area contributed by atoms with Gasteiger partial charge in [-0.05, 0) is 18.1 Å². The van der Waals surface area contributed by atoms with Crippen LogP contribution in [0.25, 0.3) is 16.9 Å². The molecule has 8 nitrogen and oxygen atoms in total. The summed E-state index contributed by atoms with van der Waals surface area (Å²) in [6.07, 6.45) is 2.40. The molecule has 134 valence electrons. The Bertz CT molecular complexity index is 1200. The molecule has 26 heavy (non-hydrogen) atoms. The van der Waals surface area contributed by atoms with Gasteiger partial charge in [-0.2, -0.15) is 14.9 Å². The monoisotopic (exact) mass is 371 g/mol. The molecule has 0 atom stereocenters. The molecular weight excluding hydrogens is 354 g/mol. The molecule has 0 amide bonds. The molecule has 0 saturated heterocycles. The van der Waals surface area contributed by atoms with Crippen LogP contribution in [0.3, 0.4) is 0 Å². The van der Waals surface area contributed by atoms with Gasteiger partial charge in [-0.1, -0.05) is 26.0 Å². The lowest BCUT2D eigenvalue weighted by molar-refractivity contribution is 0.607. The highest BCUT2D eigenvalue weighted by Crippen LogP contribution is 2.28. The Morgan fingerprint density at radius 2 is 2.08 bits per heavy atom. The third-order valence-corrected chi connectivity index (χ3v) is 4.46. The molecule has 0 bridgehead atoms. The highest BCUT2D eigenvalue weighted by atomic mass is 32.2. The SMILES string of the molecule is CC(C)c1c(-c2cccc(NS(C)(=O)=O)c2)[nH]c2c(C#N)cnn2c1=O. The first-order chi connectivity index (χ1) is 12.2. The van der Waals surface area contributed by atoms with E-state index in [1.807, 2.05) is 19.9 Å². The number of fused-ring (bicyclic) bond motifs is 1. The van der Waals surface area contributed by atoms with E-state index in [1.165, 1.54) is 10.7 Å². The number of benzene rings is 1. The van der Waals surface area contributed by atoms with Crippen molar-refractivity contribution in [1.82, 2.24) is 14.6 Å². The van der Waals surface area contributed by atoms with Gasteiger partial charge >= 0.3 is 0 Å². The fourth-order valence-corrected chi connectivity index (χ4v) is 3.38. The van der Waals surface area contributed by atoms with Crippen molar-refractivity contribution < 1.29 is 8.42 Å². The average molecular weight is 371 g/mol. The number of sulfonamides is 1. The predicted molar refractivity (Wildman–Crippen MR) is 98.5 cm³/mol. The van der Waals surface area contributed by atoms with Crippen LogP contribution in [0.15, 0.2) is 35.3 Å². The van der Waals surface area contributed by atoms with Crippen LogP contribution in [0.1, 0.15) is 30.9 Å². The van der Waals surface area contributed by atoms with Gasteiger partial charge in [0.25, 0.3) is 5.56 Å². The minimum Gasteiger partial charge on any atom is -0.338 e. The Labute approximate surface area is 150 Å². The van der Waals surface area contributed by atoms with Crippen molar-refractivity contribution in [3.63, 3.8) is 0 Å². The number of hydrogen-bond acceptors (Lipinski definition) is 5. The highest BCUT2D eigenvalue weighted by Gasteiger charge is 2.19. The molecule has 3 aromatic rings. The Morgan fingerprint density at radius 1 is 1.35 bits per heavy atom. The van der Waals surface area contributed by atoms with Gasteiger partial charge in [0.15, 0.2) is 5.65 Å². The number of nitrogens with one attached hydrogen (secondary N) is 2. The summed E-state index contributed by atoms with van der Waals surface area (Å²) < 4.78 is 26.6. The number of rotatable bonds is 4. The van der Waals surface area contributed by atoms with E-state index < -0.39 is 10.0 Å². The maximum atomic E-state index is 12.9. The van der Waals surface area contributed by atoms with Gasteiger partial charge in [-0.25, -0.2) is 8.42 Å². The smallest absolute Gasteiger partial charge is 0.278 e. The van der Waals surface area contributed by atoms with Crippen LogP contribution in [0, 0.1) is 11.3 Å². The lowest BCUT2D eigenvalue weighted by Crippen LogP contribution is -2.22. The molecule has 1 aromatic carbocycles. The quantitative estimate of drug-likeness (QED) is 0.727. The van der Waals surface area contributed by atoms with E-state index in [-0.39, 0.29) is 17.0 Å². The standard InChI is InChI=1S/C17H17N5O3S/c1-10(2)14-15(11-5-4-6-13(7-11)21-26(3,24)25)20-16-12(8-18)9-19-22(16)17(14)23/h4-7,9-10,20-21H,1-3H3. The number of aromatic amines is 1. The van der Waals surface area contributed by atoms with Gasteiger partial charge in [-0.3, -0.25) is 9.52 Å². The van der Waals surface area contributed by atoms with Crippen LogP contribution < -0.4 is 10.3 Å². The molecule has 0 aliphatic carbocycles. The van der Waals surface area contributed by atoms with Crippen molar-refractivity contribution in [1.29, 1.82) is 5.26 Å². The van der Waals surface area contributed by atoms with Crippen molar-refractivity contribution in [2.24, 2.45) is 0 Å². The summed E-state index contributed by atoms with van der Waals surface area (Å²) in [5.74, 6) is -0.112. The summed E-state index contributed by atoms with van der Waals surface area (Å²) in [5, 5.41) is 13.2. The molecule has 0 spiro atoms. The molecule has 0 saturated carbocycles. The highest BCUT2D eigenvalue weighted by molar-refractivity contribution is 7.92. The van der Waals surface area contributed by atoms with Gasteiger partial charge in [0.05, 0.1) is 18.1 Å². The summed E-state index contributed by atoms with van der Waals surface area (Å²) >= 11 is 0. The van der Waals surface area contributed by atoms with Crippen LogP contribution in [-0.4, -0.2) is 29.3 Å². The van der Waals surface area contributed by atoms with E-state index in [0.29, 0.717) is 28.2 Å². The number of hydrogen-bond donors (Lipinski definition) is 2. The third-order valence-electron chi connectivity index (χ3n) is 3.86. The number of nitrogens with zero attached hydrogens (tertiary/aromatic N) is 3. The summed E-state index contributed by atoms with van der Waals surface area (Å²) in [6.45, 7) is 3.76. The Morgan fingerprint density at radius 3 is 2.69 bits per heavy atom. The zero-order valence-corrected chi connectivity index (χ0v) is 15.3. The van der Waals surface area contributed by atoms with Crippen LogP contribution in [0.2, 0.25) is 0 Å². The summed E-state index contributed by atoms with van der Waals surface area (Å²) in [4.78, 5) is 16.0. The minimum absolute atomic E-state index is 0.112. The second-order valence-electron chi connectivity index (χ2n) is 6.26. The maximum absolute atomic E-state index is 12.9. The van der Waals surface area contributed by atoms with Crippen molar-refractivity contribution in [2.75, 3.05) is 11.0 Å². The molecule has 0 fully saturated rings. The largest absolute Gasteiger partial charge is 0.338 e. The molecule has 3 rings (SSSR count). The maximum Gasteiger partial charge on any atom is 0.278 e. The Balaban J connectivity index is 2.30. The number of anilines is 1. The normalized spacial score (nSPS) is 11.7. The molecule has 0 unspecified atom stereocenters. The summed E-state index contributed by atoms with van der Waals surface area (Å²) in [7, 11) is -3.43. The van der Waals surface area contributed by atoms with E-state index in [2.05, 4.69) is 14.8 Å². The van der Waals surface area contributed by atoms with Gasteiger partial charge in [0.2, 0.25) is 10.0 Å². The Hall–Kier alpha value is -3.12. The zero-order chi connectivity index (χ0) is 19.1. The van der Waals surface area contributed by atoms with Crippen molar-refractivity contribution >= 4 is 21.4 Å². The van der Waals surface area contributed by atoms with E-state index in [4.69, 9.17) is 0 Å². The van der Waals surface area contributed by atoms with Crippen molar-refractivity contribution in [3.05, 3.63) is 51.9 Å². The number of aromatic nitrogens is 3. The molecular formula is C17H17N5O3S. The molecule has 0 radical (unpaired) electrons. The van der Waals surface area contributed by atoms with Gasteiger partial charge < -0.3 is 4.98 Å². The number of nitriles is 1. The molecule has 2 N–H and O–H groups in total. The van der Waals surface area contributed by atoms with Gasteiger partial charge in [0.1, 0.15) is 11.6 Å². The number of H-pyrrole nitrogens is 1. The van der Waals surface area contributed by atoms with Crippen LogP contribution >= 0.6 is 0 Å². The first-order valence-electron chi connectivity index (χ1n) is 7.83. The predicted octanol–water partition coefficient (Wildman–Crippen LogP) is 2.06. The first-order valence-corrected chi connectivity index (χ1v) is 9.72. The second-order valence-corrected chi connectivity index (χ2v) is 8.01. The average Bonchev–Trinajstić information content (AvgIpc) is 2.96. The first kappa shape index (κ1) is 17.7. The van der Waals surface area contributed by atoms with E-state index >= 15 is 0 Å². The van der Waals surface area contributed by atoms with E-state index in [9.17, 15) is 18.5 Å². The molecule has 0 aliphatic heterocycles. The van der Waals surface area contributed by atoms with E-state index in [1.54, 1.807) is 24.3 Å². The van der Waals surface area contributed by atoms with Crippen LogP contribution in [-0.2, 0) is 10.0 Å². The van der Waals surface area contributed by atoms with Crippen LogP contribution in [0.4, 0.5) is 5.69 Å². The van der Waals surface area contributed by atoms with Crippen molar-refractivity contribution in [2.45, 2.75) is 19.8 Å². The van der Waals surface area contributed by atoms with Crippen LogP contribution in [0.5, 0.6) is 0 Å². The summed E-state index contributed by atoms with van der Waals surface area (Å²) in [5.41, 5.74) is 2.30. The summed E-state index contributed by atoms with van der Waals surface area (Å²) in [6, 6.07) is 8.72. The molecule has 0 aliphatic rings. The van der Waals surface area contributed by atoms with Gasteiger partial charge in [-0.15, -0.1) is 0 Å². The molecule has 2 heterocycles. The fraction of sp³-hybridized carbons (Fsp3) is 0.235. The molecule has 2 aromatic heterocycles. The van der Waals surface area contributed by atoms with E-state index in [0.717, 1.165) is 6.26 Å². The minimum atomic E-state index is -3.43. The second kappa shape index (κ2) is 6.31. The lowest BCUT2D eigenvalue weighted by Gasteiger charge is -2.14. The van der Waals surface area contributed by atoms with Crippen molar-refractivity contribution in [3.8, 4) is 17.3 Å². The Kier molecular flexibility index (Phi) is 4.29. The zero-order valence-electron chi connectivity index (χ0n) is 14.4. The topological polar surface area (TPSA) is 120 Å². The molecule has 9 heteroatoms. The lowest BCUT2D eigenvalue weighted by atomic mass is 9.98.